The van der Waals surface area contributed by atoms with Crippen LogP contribution < -0.4 is 0 Å². The summed E-state index contributed by atoms with van der Waals surface area (Å²) < 4.78 is 8.28. The molecule has 34 heavy (non-hydrogen) atoms. The van der Waals surface area contributed by atoms with Crippen molar-refractivity contribution in [1.29, 1.82) is 0 Å². The van der Waals surface area contributed by atoms with E-state index in [0.717, 1.165) is 0 Å². The van der Waals surface area contributed by atoms with E-state index in [0.29, 0.717) is 18.6 Å². The van der Waals surface area contributed by atoms with Crippen LogP contribution in [-0.2, 0) is 22.1 Å². The summed E-state index contributed by atoms with van der Waals surface area (Å²) in [5, 5.41) is 0. The second-order valence-corrected chi connectivity index (χ2v) is 8.20. The average molecular weight is 627 g/mol. The van der Waals surface area contributed by atoms with Crippen LogP contribution in [0.15, 0.2) is 72.8 Å². The van der Waals surface area contributed by atoms with Crippen LogP contribution >= 0.6 is 0 Å². The number of hydrogen-bond donors (Lipinski definition) is 0. The molecule has 0 aliphatic heterocycles. The van der Waals surface area contributed by atoms with Crippen molar-refractivity contribution in [3.63, 3.8) is 0 Å². The molecule has 4 rings (SSSR count). The summed E-state index contributed by atoms with van der Waals surface area (Å²) in [6.07, 6.45) is 0. The van der Waals surface area contributed by atoms with Gasteiger partial charge in [-0.05, 0) is 0 Å². The minimum atomic E-state index is 0.611. The molecule has 0 unspecified atom stereocenters. The maximum atomic E-state index is 8.28. The molecule has 0 bridgehead atoms. The standard InChI is InChI=1S/4C8H9.O.Os/c4*1-7-3-5-8(2)6-4-7;;/h4*3-5H,1-2H3;;/q4*-1;;. The number of rotatable bonds is 0. The normalized spacial score (nSPS) is 8.85. The van der Waals surface area contributed by atoms with Gasteiger partial charge in [-0.2, -0.15) is 142 Å². The summed E-state index contributed by atoms with van der Waals surface area (Å²) in [6, 6.07) is 37.0. The molecule has 182 valence electrons. The van der Waals surface area contributed by atoms with E-state index in [-0.39, 0.29) is 0 Å². The van der Waals surface area contributed by atoms with Gasteiger partial charge in [-0.1, -0.05) is 55.4 Å². The van der Waals surface area contributed by atoms with Crippen molar-refractivity contribution in [3.8, 4) is 0 Å². The molecule has 1 nitrogen and oxygen atoms in total. The zero-order valence-corrected chi connectivity index (χ0v) is 24.2. The molecule has 0 atom stereocenters. The fraction of sp³-hybridized carbons (Fsp3) is 0.250. The first-order valence-electron chi connectivity index (χ1n) is 11.1. The summed E-state index contributed by atoms with van der Waals surface area (Å²) in [5.74, 6) is 0. The predicted octanol–water partition coefficient (Wildman–Crippen LogP) is 8.29. The molecule has 0 radical (unpaired) electrons. The van der Waals surface area contributed by atoms with Crippen molar-refractivity contribution in [3.05, 3.63) is 142 Å². The molecular weight excluding hydrogens is 591 g/mol. The van der Waals surface area contributed by atoms with Gasteiger partial charge in [0, 0.05) is 0 Å². The Labute approximate surface area is 218 Å². The summed E-state index contributed by atoms with van der Waals surface area (Å²) >= 11 is 0.611. The van der Waals surface area contributed by atoms with Gasteiger partial charge in [-0.25, -0.2) is 0 Å². The fourth-order valence-electron chi connectivity index (χ4n) is 2.32. The number of benzene rings is 4. The van der Waals surface area contributed by atoms with Gasteiger partial charge in [0.25, 0.3) is 0 Å². The first kappa shape index (κ1) is 31.3. The molecule has 0 N–H and O–H groups in total. The Kier molecular flexibility index (Phi) is 17.2. The van der Waals surface area contributed by atoms with E-state index in [9.17, 15) is 0 Å². The molecule has 0 fully saturated rings. The third kappa shape index (κ3) is 16.9. The van der Waals surface area contributed by atoms with Gasteiger partial charge in [0.1, 0.15) is 0 Å². The van der Waals surface area contributed by atoms with Gasteiger partial charge in [-0.15, -0.1) is 0 Å². The Bertz CT molecular complexity index is 758. The SMILES string of the molecule is Cc1[c-]cc(C)cc1.Cc1[c-]cc(C)cc1.Cc1[c-]cc(C)cc1.Cc1[c-]cc(C)cc1.[O]=[Os]. The van der Waals surface area contributed by atoms with Gasteiger partial charge in [0.05, 0.1) is 0 Å². The fourth-order valence-corrected chi connectivity index (χ4v) is 2.32. The Morgan fingerprint density at radius 3 is 0.647 bits per heavy atom. The van der Waals surface area contributed by atoms with E-state index in [1.165, 1.54) is 44.5 Å². The van der Waals surface area contributed by atoms with Gasteiger partial charge in [-0.3, -0.25) is 0 Å². The molecule has 0 aliphatic carbocycles. The van der Waals surface area contributed by atoms with Gasteiger partial charge < -0.3 is 0 Å². The van der Waals surface area contributed by atoms with Crippen LogP contribution in [0.25, 0.3) is 0 Å². The van der Waals surface area contributed by atoms with Crippen molar-refractivity contribution in [2.75, 3.05) is 0 Å². The molecule has 4 aromatic carbocycles. The molecule has 0 amide bonds. The predicted molar refractivity (Wildman–Crippen MR) is 140 cm³/mol. The second-order valence-electron chi connectivity index (χ2n) is 8.20. The summed E-state index contributed by atoms with van der Waals surface area (Å²) in [7, 11) is 0. The van der Waals surface area contributed by atoms with Crippen LogP contribution in [0, 0.1) is 79.7 Å². The van der Waals surface area contributed by atoms with E-state index in [2.05, 4.69) is 100 Å². The first-order chi connectivity index (χ1) is 16.2. The first-order valence-corrected chi connectivity index (χ1v) is 12.1. The number of aryl methyl sites for hydroxylation is 8. The molecule has 0 saturated heterocycles. The Balaban J connectivity index is 0.000000416. The molecule has 0 saturated carbocycles. The molecule has 0 spiro atoms. The van der Waals surface area contributed by atoms with Crippen LogP contribution in [-0.4, -0.2) is 0 Å². The Hall–Kier alpha value is -2.68. The molecule has 4 aromatic rings. The molecule has 0 heterocycles. The van der Waals surface area contributed by atoms with E-state index < -0.39 is 0 Å². The molecule has 0 aromatic heterocycles. The third-order valence-electron chi connectivity index (χ3n) is 4.49. The zero-order valence-electron chi connectivity index (χ0n) is 21.7. The Morgan fingerprint density at radius 2 is 0.559 bits per heavy atom. The summed E-state index contributed by atoms with van der Waals surface area (Å²) in [4.78, 5) is 0. The minimum absolute atomic E-state index is 0.611. The number of hydrogen-bond acceptors (Lipinski definition) is 1. The van der Waals surface area contributed by atoms with Crippen molar-refractivity contribution < 1.29 is 22.1 Å². The summed E-state index contributed by atoms with van der Waals surface area (Å²) in [5.41, 5.74) is 9.91. The van der Waals surface area contributed by atoms with Gasteiger partial charge >= 0.3 is 22.1 Å². The van der Waals surface area contributed by atoms with Crippen LogP contribution in [0.3, 0.4) is 0 Å². The summed E-state index contributed by atoms with van der Waals surface area (Å²) in [6.45, 7) is 16.4. The van der Waals surface area contributed by atoms with Gasteiger partial charge in [0.15, 0.2) is 0 Å². The van der Waals surface area contributed by atoms with E-state index in [1.54, 1.807) is 0 Å². The molecular formula is C32H36OOs-4. The second kappa shape index (κ2) is 18.7. The van der Waals surface area contributed by atoms with Crippen molar-refractivity contribution in [2.24, 2.45) is 0 Å². The van der Waals surface area contributed by atoms with Crippen molar-refractivity contribution in [2.45, 2.75) is 55.4 Å². The third-order valence-corrected chi connectivity index (χ3v) is 4.49. The molecule has 2 heteroatoms. The topological polar surface area (TPSA) is 17.1 Å². The monoisotopic (exact) mass is 628 g/mol. The maximum absolute atomic E-state index is 8.28. The van der Waals surface area contributed by atoms with E-state index in [4.69, 9.17) is 3.54 Å². The average Bonchev–Trinajstić information content (AvgIpc) is 2.84. The van der Waals surface area contributed by atoms with E-state index >= 15 is 0 Å². The van der Waals surface area contributed by atoms with Crippen molar-refractivity contribution >= 4 is 0 Å². The van der Waals surface area contributed by atoms with Crippen LogP contribution in [0.1, 0.15) is 44.5 Å². The zero-order chi connectivity index (χ0) is 25.9. The van der Waals surface area contributed by atoms with Crippen LogP contribution in [0.4, 0.5) is 0 Å². The van der Waals surface area contributed by atoms with Crippen molar-refractivity contribution in [1.82, 2.24) is 0 Å². The van der Waals surface area contributed by atoms with E-state index in [1.807, 2.05) is 52.0 Å². The van der Waals surface area contributed by atoms with Crippen LogP contribution in [0.2, 0.25) is 0 Å². The quantitative estimate of drug-likeness (QED) is 0.180. The molecule has 0 aliphatic rings. The van der Waals surface area contributed by atoms with Crippen LogP contribution in [0.5, 0.6) is 0 Å². The Morgan fingerprint density at radius 1 is 0.382 bits per heavy atom. The van der Waals surface area contributed by atoms with Gasteiger partial charge in [0.2, 0.25) is 0 Å².